The summed E-state index contributed by atoms with van der Waals surface area (Å²) in [5.41, 5.74) is -1.21. The summed E-state index contributed by atoms with van der Waals surface area (Å²) in [5, 5.41) is 31.8. The fourth-order valence-corrected chi connectivity index (χ4v) is 7.08. The second-order valence-electron chi connectivity index (χ2n) is 12.7. The third kappa shape index (κ3) is 11.2. The van der Waals surface area contributed by atoms with Crippen molar-refractivity contribution in [2.24, 2.45) is 4.99 Å². The molecule has 5 rings (SSSR count). The van der Waals surface area contributed by atoms with Crippen LogP contribution in [0.5, 0.6) is 0 Å². The fourth-order valence-electron chi connectivity index (χ4n) is 5.72. The number of carbonyl (C=O) groups excluding carboxylic acids is 1. The average Bonchev–Trinajstić information content (AvgIpc) is 3.88. The zero-order valence-electron chi connectivity index (χ0n) is 31.2. The number of nitrogens with zero attached hydrogens (tertiary/aromatic N) is 9. The van der Waals surface area contributed by atoms with E-state index in [-0.39, 0.29) is 75.0 Å². The number of nitrogens with one attached hydrogen (secondary N) is 2. The number of anilines is 1. The van der Waals surface area contributed by atoms with Crippen LogP contribution in [0.4, 0.5) is 11.8 Å². The molecule has 2 unspecified atom stereocenters. The molecule has 23 nitrogen and oxygen atoms in total. The topological polar surface area (TPSA) is 293 Å². The first-order chi connectivity index (χ1) is 27.3. The monoisotopic (exact) mass is 815 g/mol. The lowest BCUT2D eigenvalue weighted by atomic mass is 10.1. The van der Waals surface area contributed by atoms with Gasteiger partial charge in [0, 0.05) is 40.1 Å². The lowest BCUT2D eigenvalue weighted by Gasteiger charge is -2.28. The van der Waals surface area contributed by atoms with Crippen molar-refractivity contribution in [1.82, 2.24) is 34.0 Å². The Morgan fingerprint density at radius 2 is 1.93 bits per heavy atom. The molecule has 2 aliphatic rings. The molecule has 57 heavy (non-hydrogen) atoms. The molecular formula is C33H42N11O12P. The molecule has 0 aromatic carbocycles. The molecule has 3 aromatic heterocycles. The number of aliphatic hydroxyl groups is 1. The van der Waals surface area contributed by atoms with Crippen molar-refractivity contribution in [2.75, 3.05) is 45.8 Å². The van der Waals surface area contributed by atoms with Crippen LogP contribution in [-0.2, 0) is 41.9 Å². The first-order valence-electron chi connectivity index (χ1n) is 17.5. The van der Waals surface area contributed by atoms with Crippen LogP contribution < -0.4 is 16.6 Å². The lowest BCUT2D eigenvalue weighted by Crippen LogP contribution is -2.41. The van der Waals surface area contributed by atoms with Gasteiger partial charge in [-0.2, -0.15) is 20.5 Å². The van der Waals surface area contributed by atoms with Gasteiger partial charge in [0.1, 0.15) is 36.6 Å². The number of nitriles is 2. The number of carbonyl (C=O) groups is 1. The van der Waals surface area contributed by atoms with Crippen molar-refractivity contribution in [3.63, 3.8) is 0 Å². The minimum atomic E-state index is -4.37. The van der Waals surface area contributed by atoms with E-state index in [0.29, 0.717) is 0 Å². The first kappa shape index (κ1) is 42.9. The summed E-state index contributed by atoms with van der Waals surface area (Å²) in [7, 11) is -0.884. The van der Waals surface area contributed by atoms with E-state index in [9.17, 15) is 29.3 Å². The van der Waals surface area contributed by atoms with Gasteiger partial charge in [0.25, 0.3) is 5.56 Å². The van der Waals surface area contributed by atoms with Crippen LogP contribution >= 0.6 is 7.82 Å². The number of aliphatic hydroxyl groups excluding tert-OH is 1. The Hall–Kier alpha value is -5.20. The first-order valence-corrected chi connectivity index (χ1v) is 19.0. The summed E-state index contributed by atoms with van der Waals surface area (Å²) in [6, 6.07) is 5.25. The molecule has 0 bridgehead atoms. The molecular weight excluding hydrogens is 773 g/mol. The van der Waals surface area contributed by atoms with Gasteiger partial charge in [-0.05, 0) is 6.07 Å². The molecule has 8 atom stereocenters. The van der Waals surface area contributed by atoms with Crippen molar-refractivity contribution in [2.45, 2.75) is 75.8 Å². The zero-order valence-corrected chi connectivity index (χ0v) is 32.1. The van der Waals surface area contributed by atoms with Crippen LogP contribution in [0.2, 0.25) is 0 Å². The molecule has 2 fully saturated rings. The van der Waals surface area contributed by atoms with E-state index in [2.05, 4.69) is 36.8 Å². The highest BCUT2D eigenvalue weighted by Gasteiger charge is 2.46. The minimum Gasteiger partial charge on any atom is -0.390 e. The number of phosphoric ester groups is 1. The molecule has 2 saturated heterocycles. The third-order valence-electron chi connectivity index (χ3n) is 8.17. The quantitative estimate of drug-likeness (QED) is 0.0362. The van der Waals surface area contributed by atoms with Crippen molar-refractivity contribution in [1.29, 1.82) is 10.5 Å². The van der Waals surface area contributed by atoms with Gasteiger partial charge in [0.05, 0.1) is 70.2 Å². The number of aliphatic imine (C=N–C) groups is 1. The van der Waals surface area contributed by atoms with Gasteiger partial charge in [-0.3, -0.25) is 37.3 Å². The Morgan fingerprint density at radius 3 is 2.63 bits per heavy atom. The maximum Gasteiger partial charge on any atom is 0.475 e. The molecule has 0 spiro atoms. The molecule has 3 aromatic rings. The zero-order chi connectivity index (χ0) is 41.1. The largest absolute Gasteiger partial charge is 0.475 e. The van der Waals surface area contributed by atoms with Gasteiger partial charge in [0.2, 0.25) is 11.9 Å². The number of ether oxygens (including phenoxy) is 4. The number of imidazole rings is 1. The van der Waals surface area contributed by atoms with Gasteiger partial charge in [-0.1, -0.05) is 6.08 Å². The van der Waals surface area contributed by atoms with E-state index < -0.39 is 68.1 Å². The molecule has 2 aliphatic heterocycles. The van der Waals surface area contributed by atoms with E-state index in [4.69, 9.17) is 37.8 Å². The summed E-state index contributed by atoms with van der Waals surface area (Å²) in [6.07, 6.45) is -2.72. The highest BCUT2D eigenvalue weighted by atomic mass is 31.2. The average molecular weight is 816 g/mol. The van der Waals surface area contributed by atoms with Crippen molar-refractivity contribution < 1.29 is 47.0 Å². The Balaban J connectivity index is 1.42. The highest BCUT2D eigenvalue weighted by molar-refractivity contribution is 7.48. The Morgan fingerprint density at radius 1 is 1.18 bits per heavy atom. The predicted octanol–water partition coefficient (Wildman–Crippen LogP) is 1.39. The number of aromatic nitrogens is 6. The molecule has 1 amide bonds. The number of fused-ring (bicyclic) bond motifs is 1. The summed E-state index contributed by atoms with van der Waals surface area (Å²) in [5.74, 6) is -0.393. The Bertz CT molecular complexity index is 2160. The van der Waals surface area contributed by atoms with Gasteiger partial charge >= 0.3 is 13.5 Å². The molecule has 0 aliphatic carbocycles. The summed E-state index contributed by atoms with van der Waals surface area (Å²) in [4.78, 5) is 58.0. The maximum absolute atomic E-state index is 13.8. The SMILES string of the molecule is C=CCOP(=O)(OCCC#N)O[C@H]1C[C@H](n2cnc3c(=O)[nH]c(N=CN(C)C)nc32)O[C@@H]1COC(OCCC#N)[C@H]1O[C@@H](n2ccc(NC(C)=O)nc2=O)C[C@@H]1O. The number of hydrogen-bond donors (Lipinski definition) is 3. The van der Waals surface area contributed by atoms with E-state index in [1.54, 1.807) is 19.0 Å². The standard InChI is InChI=1S/C33H42N11O12P/c1-5-12-52-57(49,53-14-7-10-35)56-22-16-26(44-19-36-27-29(44)40-32(41-30(27)47)37-18-42(3)4)54-23(22)17-51-31(50-13-6-9-34)28-21(46)15-25(55-28)43-11-8-24(38-20(2)45)39-33(43)48/h5,8,11,18-19,21-23,25-26,28,31,46H,1,6-7,12-17H2,2-4H3,(H,40,41,47)(H,38,39,45,48)/t21-,22-,23+,25+,26+,28-,31?,57?/m0/s1. The fraction of sp³-hybridized carbons (Fsp3) is 0.545. The van der Waals surface area contributed by atoms with E-state index in [1.165, 1.54) is 42.5 Å². The van der Waals surface area contributed by atoms with Crippen molar-refractivity contribution >= 4 is 43.0 Å². The predicted molar refractivity (Wildman–Crippen MR) is 197 cm³/mol. The van der Waals surface area contributed by atoms with Gasteiger partial charge in [-0.25, -0.2) is 19.3 Å². The van der Waals surface area contributed by atoms with E-state index >= 15 is 0 Å². The van der Waals surface area contributed by atoms with Crippen LogP contribution in [-0.4, -0.2) is 123 Å². The molecule has 3 N–H and O–H groups in total. The van der Waals surface area contributed by atoms with Gasteiger partial charge in [-0.15, -0.1) is 6.58 Å². The van der Waals surface area contributed by atoms with Crippen LogP contribution in [0.15, 0.2) is 45.8 Å². The third-order valence-corrected chi connectivity index (χ3v) is 9.66. The number of H-pyrrole nitrogens is 1. The normalized spacial score (nSPS) is 23.5. The van der Waals surface area contributed by atoms with Gasteiger partial charge < -0.3 is 34.3 Å². The van der Waals surface area contributed by atoms with E-state index in [0.717, 1.165) is 4.57 Å². The molecule has 0 radical (unpaired) electrons. The van der Waals surface area contributed by atoms with Crippen molar-refractivity contribution in [3.05, 3.63) is 52.1 Å². The van der Waals surface area contributed by atoms with Gasteiger partial charge in [0.15, 0.2) is 17.5 Å². The summed E-state index contributed by atoms with van der Waals surface area (Å²) >= 11 is 0. The molecule has 5 heterocycles. The van der Waals surface area contributed by atoms with Crippen LogP contribution in [0.3, 0.4) is 0 Å². The number of phosphoric acid groups is 1. The summed E-state index contributed by atoms with van der Waals surface area (Å²) in [6.45, 7) is 3.85. The number of aromatic amines is 1. The number of hydrogen-bond acceptors (Lipinski definition) is 18. The number of amides is 1. The summed E-state index contributed by atoms with van der Waals surface area (Å²) < 4.78 is 57.7. The highest BCUT2D eigenvalue weighted by Crippen LogP contribution is 2.53. The molecule has 306 valence electrons. The van der Waals surface area contributed by atoms with Crippen LogP contribution in [0.25, 0.3) is 11.2 Å². The minimum absolute atomic E-state index is 0.00523. The second kappa shape index (κ2) is 19.8. The Kier molecular flexibility index (Phi) is 14.9. The molecule has 0 saturated carbocycles. The molecule has 24 heteroatoms. The Labute approximate surface area is 325 Å². The van der Waals surface area contributed by atoms with E-state index in [1.807, 2.05) is 12.1 Å². The second-order valence-corrected chi connectivity index (χ2v) is 14.3. The van der Waals surface area contributed by atoms with Crippen molar-refractivity contribution in [3.8, 4) is 12.1 Å². The number of rotatable bonds is 20. The lowest BCUT2D eigenvalue weighted by molar-refractivity contribution is -0.232. The smallest absolute Gasteiger partial charge is 0.390 e. The maximum atomic E-state index is 13.8. The van der Waals surface area contributed by atoms with Crippen LogP contribution in [0.1, 0.15) is 45.1 Å². The van der Waals surface area contributed by atoms with Crippen LogP contribution in [0, 0.1) is 22.7 Å².